The minimum atomic E-state index is -0.513. The molecule has 1 aliphatic rings. The van der Waals surface area contributed by atoms with E-state index in [0.29, 0.717) is 142 Å². The Bertz CT molecular complexity index is 1810. The summed E-state index contributed by atoms with van der Waals surface area (Å²) in [7, 11) is 0. The minimum absolute atomic E-state index is 0.0327. The summed E-state index contributed by atoms with van der Waals surface area (Å²) in [6.07, 6.45) is 4.31. The van der Waals surface area contributed by atoms with E-state index in [1.54, 1.807) is 36.4 Å². The molecule has 1 aliphatic heterocycles. The first-order chi connectivity index (χ1) is 33.4. The number of carbonyl (C=O) groups excluding carboxylic acids is 6. The van der Waals surface area contributed by atoms with Crippen LogP contribution in [0.25, 0.3) is 0 Å². The van der Waals surface area contributed by atoms with Crippen LogP contribution < -0.4 is 26.0 Å². The minimum Gasteiger partial charge on any atom is -0.494 e. The molecule has 20 nitrogen and oxygen atoms in total. The van der Waals surface area contributed by atoms with Crippen molar-refractivity contribution in [2.45, 2.75) is 58.5 Å². The third kappa shape index (κ3) is 28.6. The van der Waals surface area contributed by atoms with Gasteiger partial charge in [-0.3, -0.25) is 28.9 Å². The van der Waals surface area contributed by atoms with Gasteiger partial charge in [-0.25, -0.2) is 4.79 Å². The van der Waals surface area contributed by atoms with Crippen molar-refractivity contribution in [3.63, 3.8) is 0 Å². The molecular weight excluding hydrogens is 899 g/mol. The number of imide groups is 1. The Morgan fingerprint density at radius 3 is 1.51 bits per heavy atom. The number of hydrogen-bond acceptors (Lipinski definition) is 16. The van der Waals surface area contributed by atoms with Gasteiger partial charge in [-0.2, -0.15) is 0 Å². The van der Waals surface area contributed by atoms with Gasteiger partial charge in [0.1, 0.15) is 11.4 Å². The van der Waals surface area contributed by atoms with Crippen molar-refractivity contribution in [2.24, 2.45) is 0 Å². The van der Waals surface area contributed by atoms with Gasteiger partial charge in [0.15, 0.2) is 5.78 Å². The number of anilines is 1. The molecular formula is C49H73N5O15. The van der Waals surface area contributed by atoms with E-state index in [9.17, 15) is 28.8 Å². The van der Waals surface area contributed by atoms with Crippen LogP contribution in [-0.4, -0.2) is 178 Å². The van der Waals surface area contributed by atoms with Crippen molar-refractivity contribution in [1.82, 2.24) is 20.9 Å². The molecule has 0 saturated heterocycles. The SMILES string of the molecule is CC(C)(C)OC(=O)NCCCOCCOCCOCCCNc1ccc(C(=O)c2ccc(OCCCNC(=O)CCOCCOCCOCCOCCNC(=O)CCN3C(=O)C=CC3=O)cc2)cc1. The van der Waals surface area contributed by atoms with Gasteiger partial charge >= 0.3 is 6.09 Å². The van der Waals surface area contributed by atoms with Crippen molar-refractivity contribution < 1.29 is 71.4 Å². The highest BCUT2D eigenvalue weighted by molar-refractivity contribution is 6.13. The van der Waals surface area contributed by atoms with E-state index in [1.165, 1.54) is 12.2 Å². The highest BCUT2D eigenvalue weighted by atomic mass is 16.6. The van der Waals surface area contributed by atoms with Crippen LogP contribution in [0.5, 0.6) is 5.75 Å². The molecule has 1 heterocycles. The molecule has 0 atom stereocenters. The number of nitrogens with zero attached hydrogens (tertiary/aromatic N) is 1. The number of rotatable bonds is 40. The molecule has 2 aromatic rings. The summed E-state index contributed by atoms with van der Waals surface area (Å²) in [5.41, 5.74) is 1.54. The summed E-state index contributed by atoms with van der Waals surface area (Å²) in [5, 5.41) is 11.6. The molecule has 0 bridgehead atoms. The fourth-order valence-electron chi connectivity index (χ4n) is 5.96. The number of benzene rings is 2. The highest BCUT2D eigenvalue weighted by Crippen LogP contribution is 2.18. The predicted octanol–water partition coefficient (Wildman–Crippen LogP) is 3.46. The Kier molecular flexibility index (Phi) is 29.8. The van der Waals surface area contributed by atoms with E-state index in [4.69, 9.17) is 42.6 Å². The van der Waals surface area contributed by atoms with Gasteiger partial charge in [-0.1, -0.05) is 0 Å². The largest absolute Gasteiger partial charge is 0.494 e. The Labute approximate surface area is 405 Å². The Hall–Kier alpha value is -5.48. The number of alkyl carbamates (subject to hydrolysis) is 1. The van der Waals surface area contributed by atoms with E-state index in [2.05, 4.69) is 21.3 Å². The molecule has 69 heavy (non-hydrogen) atoms. The molecule has 0 saturated carbocycles. The average Bonchev–Trinajstić information content (AvgIpc) is 3.65. The maximum absolute atomic E-state index is 13.1. The van der Waals surface area contributed by atoms with Crippen LogP contribution in [0.1, 0.15) is 68.8 Å². The summed E-state index contributed by atoms with van der Waals surface area (Å²) < 4.78 is 49.4. The molecule has 384 valence electrons. The number of carbonyl (C=O) groups is 6. The molecule has 3 rings (SSSR count). The van der Waals surface area contributed by atoms with E-state index in [-0.39, 0.29) is 43.6 Å². The number of hydrogen-bond donors (Lipinski definition) is 4. The quantitative estimate of drug-likeness (QED) is 0.0425. The van der Waals surface area contributed by atoms with Gasteiger partial charge < -0.3 is 63.9 Å². The molecule has 0 aliphatic carbocycles. The number of ketones is 1. The topological polar surface area (TPSA) is 237 Å². The van der Waals surface area contributed by atoms with Crippen LogP contribution in [0, 0.1) is 0 Å². The zero-order valence-electron chi connectivity index (χ0n) is 40.5. The number of nitrogens with one attached hydrogen (secondary N) is 4. The Morgan fingerprint density at radius 1 is 0.493 bits per heavy atom. The fourth-order valence-corrected chi connectivity index (χ4v) is 5.96. The molecule has 0 aromatic heterocycles. The van der Waals surface area contributed by atoms with Crippen LogP contribution in [0.4, 0.5) is 10.5 Å². The molecule has 4 N–H and O–H groups in total. The van der Waals surface area contributed by atoms with Gasteiger partial charge in [0.25, 0.3) is 11.8 Å². The predicted molar refractivity (Wildman–Crippen MR) is 255 cm³/mol. The summed E-state index contributed by atoms with van der Waals surface area (Å²) in [5.74, 6) is -0.663. The van der Waals surface area contributed by atoms with Crippen LogP contribution in [-0.2, 0) is 57.1 Å². The zero-order chi connectivity index (χ0) is 49.8. The van der Waals surface area contributed by atoms with Gasteiger partial charge in [-0.05, 0) is 88.6 Å². The van der Waals surface area contributed by atoms with Crippen molar-refractivity contribution in [2.75, 3.05) is 137 Å². The van der Waals surface area contributed by atoms with Crippen molar-refractivity contribution in [3.05, 3.63) is 71.8 Å². The normalized spacial score (nSPS) is 12.3. The standard InChI is InChI=1S/C49H73N5O15/c1-49(2,3)69-48(60)53-21-5-25-62-30-34-65-33-29-61-24-4-19-50-41-11-7-39(8-12-41)47(59)40-9-13-42(14-10-40)68-26-6-20-51-44(56)18-27-63-31-35-66-37-38-67-36-32-64-28-22-52-43(55)17-23-54-45(57)15-16-46(54)58/h7-16,50H,4-6,17-38H2,1-3H3,(H,51,56)(H,52,55)(H,53,60). The Morgan fingerprint density at radius 2 is 0.942 bits per heavy atom. The maximum Gasteiger partial charge on any atom is 0.407 e. The molecule has 5 amide bonds. The van der Waals surface area contributed by atoms with E-state index >= 15 is 0 Å². The van der Waals surface area contributed by atoms with Gasteiger partial charge in [-0.15, -0.1) is 0 Å². The second kappa shape index (κ2) is 35.6. The van der Waals surface area contributed by atoms with Crippen molar-refractivity contribution >= 4 is 41.2 Å². The monoisotopic (exact) mass is 972 g/mol. The lowest BCUT2D eigenvalue weighted by molar-refractivity contribution is -0.137. The number of ether oxygens (including phenoxy) is 9. The maximum atomic E-state index is 13.1. The second-order valence-corrected chi connectivity index (χ2v) is 16.3. The lowest BCUT2D eigenvalue weighted by Crippen LogP contribution is -2.35. The van der Waals surface area contributed by atoms with Gasteiger partial charge in [0, 0.05) is 87.7 Å². The van der Waals surface area contributed by atoms with Crippen LogP contribution in [0.2, 0.25) is 0 Å². The first-order valence-electron chi connectivity index (χ1n) is 23.6. The highest BCUT2D eigenvalue weighted by Gasteiger charge is 2.23. The van der Waals surface area contributed by atoms with E-state index < -0.39 is 23.5 Å². The molecule has 2 aromatic carbocycles. The van der Waals surface area contributed by atoms with Crippen molar-refractivity contribution in [1.29, 1.82) is 0 Å². The molecule has 0 fully saturated rings. The third-order valence-corrected chi connectivity index (χ3v) is 9.47. The van der Waals surface area contributed by atoms with E-state index in [1.807, 2.05) is 32.9 Å². The zero-order valence-corrected chi connectivity index (χ0v) is 40.5. The first kappa shape index (κ1) is 57.8. The summed E-state index contributed by atoms with van der Waals surface area (Å²) >= 11 is 0. The molecule has 0 radical (unpaired) electrons. The van der Waals surface area contributed by atoms with Gasteiger partial charge in [0.2, 0.25) is 11.8 Å². The third-order valence-electron chi connectivity index (χ3n) is 9.47. The van der Waals surface area contributed by atoms with Crippen molar-refractivity contribution in [3.8, 4) is 5.75 Å². The Balaban J connectivity index is 1.06. The molecule has 20 heteroatoms. The smallest absolute Gasteiger partial charge is 0.407 e. The summed E-state index contributed by atoms with van der Waals surface area (Å²) in [6, 6.07) is 14.4. The van der Waals surface area contributed by atoms with E-state index in [0.717, 1.165) is 23.6 Å². The first-order valence-corrected chi connectivity index (χ1v) is 23.6. The average molecular weight is 972 g/mol. The van der Waals surface area contributed by atoms with Crippen LogP contribution in [0.15, 0.2) is 60.7 Å². The second-order valence-electron chi connectivity index (χ2n) is 16.3. The number of amides is 5. The summed E-state index contributed by atoms with van der Waals surface area (Å²) in [6.45, 7) is 13.7. The fraction of sp³-hybridized carbons (Fsp3) is 0.592. The lowest BCUT2D eigenvalue weighted by atomic mass is 10.0. The molecule has 0 spiro atoms. The summed E-state index contributed by atoms with van der Waals surface area (Å²) in [4.78, 5) is 72.7. The van der Waals surface area contributed by atoms with Crippen LogP contribution >= 0.6 is 0 Å². The van der Waals surface area contributed by atoms with Crippen LogP contribution in [0.3, 0.4) is 0 Å². The lowest BCUT2D eigenvalue weighted by Gasteiger charge is -2.19. The van der Waals surface area contributed by atoms with Gasteiger partial charge in [0.05, 0.1) is 85.9 Å². The molecule has 0 unspecified atom stereocenters.